The highest BCUT2D eigenvalue weighted by atomic mass is 32.1. The van der Waals surface area contributed by atoms with Crippen LogP contribution in [0.5, 0.6) is 0 Å². The summed E-state index contributed by atoms with van der Waals surface area (Å²) in [6.45, 7) is 2.12. The molecule has 2 nitrogen and oxygen atoms in total. The van der Waals surface area contributed by atoms with Crippen molar-refractivity contribution in [2.75, 3.05) is 5.43 Å². The predicted octanol–water partition coefficient (Wildman–Crippen LogP) is 11.2. The number of thiophene rings is 1. The molecular formula is C39H28N2S. The molecule has 3 heteroatoms. The van der Waals surface area contributed by atoms with Crippen LogP contribution in [0.3, 0.4) is 0 Å². The number of allylic oxidation sites excluding steroid dienone is 1. The van der Waals surface area contributed by atoms with Crippen LogP contribution in [0.2, 0.25) is 0 Å². The van der Waals surface area contributed by atoms with Gasteiger partial charge in [0.25, 0.3) is 0 Å². The van der Waals surface area contributed by atoms with Crippen molar-refractivity contribution >= 4 is 64.6 Å². The van der Waals surface area contributed by atoms with Gasteiger partial charge in [0.1, 0.15) is 0 Å². The molecule has 8 rings (SSSR count). The Balaban J connectivity index is 1.26. The van der Waals surface area contributed by atoms with Gasteiger partial charge < -0.3 is 0 Å². The van der Waals surface area contributed by atoms with Crippen molar-refractivity contribution in [1.29, 1.82) is 0 Å². The normalized spacial score (nSPS) is 12.1. The van der Waals surface area contributed by atoms with Crippen LogP contribution in [-0.4, -0.2) is 4.68 Å². The standard InChI is InChI=1S/C39H28N2S/c1-2-29(28-22-20-27(21-23-28)26-12-4-3-5-13-26)30-14-6-9-17-34(30)40-41-35-18-10-7-16-33(35)38-36(41)25-24-32-31-15-8-11-19-37(31)42-39(32)38/h2-25,40H,1H3/b29-2-. The van der Waals surface area contributed by atoms with E-state index in [0.717, 1.165) is 5.69 Å². The molecular weight excluding hydrogens is 529 g/mol. The van der Waals surface area contributed by atoms with Crippen molar-refractivity contribution in [3.63, 3.8) is 0 Å². The number of hydrogen-bond donors (Lipinski definition) is 1. The van der Waals surface area contributed by atoms with Gasteiger partial charge in [0.2, 0.25) is 0 Å². The third-order valence-corrected chi connectivity index (χ3v) is 9.43. The molecule has 0 spiro atoms. The lowest BCUT2D eigenvalue weighted by Crippen LogP contribution is -2.10. The molecule has 0 aliphatic rings. The molecule has 2 heterocycles. The van der Waals surface area contributed by atoms with Crippen molar-refractivity contribution < 1.29 is 0 Å². The molecule has 6 aromatic carbocycles. The fourth-order valence-corrected chi connectivity index (χ4v) is 7.50. The zero-order valence-corrected chi connectivity index (χ0v) is 24.0. The average Bonchev–Trinajstić information content (AvgIpc) is 3.59. The van der Waals surface area contributed by atoms with Crippen LogP contribution in [0.25, 0.3) is 58.7 Å². The number of nitrogens with zero attached hydrogens (tertiary/aromatic N) is 1. The van der Waals surface area contributed by atoms with Crippen molar-refractivity contribution in [2.45, 2.75) is 6.92 Å². The van der Waals surface area contributed by atoms with E-state index in [1.54, 1.807) is 0 Å². The summed E-state index contributed by atoms with van der Waals surface area (Å²) in [4.78, 5) is 0. The molecule has 0 amide bonds. The Kier molecular flexibility index (Phi) is 5.90. The Morgan fingerprint density at radius 2 is 1.29 bits per heavy atom. The van der Waals surface area contributed by atoms with Gasteiger partial charge in [0.05, 0.1) is 16.7 Å². The Morgan fingerprint density at radius 3 is 2.12 bits per heavy atom. The maximum absolute atomic E-state index is 3.84. The summed E-state index contributed by atoms with van der Waals surface area (Å²) in [6.07, 6.45) is 2.21. The van der Waals surface area contributed by atoms with Gasteiger partial charge in [0, 0.05) is 36.5 Å². The average molecular weight is 557 g/mol. The fraction of sp³-hybridized carbons (Fsp3) is 0.0256. The lowest BCUT2D eigenvalue weighted by molar-refractivity contribution is 1.06. The van der Waals surface area contributed by atoms with E-state index in [2.05, 4.69) is 163 Å². The van der Waals surface area contributed by atoms with Gasteiger partial charge in [0.15, 0.2) is 0 Å². The van der Waals surface area contributed by atoms with Crippen LogP contribution in [0.15, 0.2) is 146 Å². The first-order valence-electron chi connectivity index (χ1n) is 14.3. The highest BCUT2D eigenvalue weighted by Crippen LogP contribution is 2.42. The number of rotatable bonds is 5. The Hall–Kier alpha value is -5.12. The van der Waals surface area contributed by atoms with Crippen molar-refractivity contribution in [3.8, 4) is 11.1 Å². The molecule has 0 unspecified atom stereocenters. The van der Waals surface area contributed by atoms with Gasteiger partial charge in [-0.15, -0.1) is 11.3 Å². The molecule has 0 atom stereocenters. The van der Waals surface area contributed by atoms with Crippen LogP contribution in [0.1, 0.15) is 18.1 Å². The third-order valence-electron chi connectivity index (χ3n) is 8.22. The molecule has 8 aromatic rings. The van der Waals surface area contributed by atoms with Crippen molar-refractivity contribution in [2.24, 2.45) is 0 Å². The zero-order chi connectivity index (χ0) is 28.0. The second-order valence-corrected chi connectivity index (χ2v) is 11.6. The van der Waals surface area contributed by atoms with Crippen LogP contribution in [-0.2, 0) is 0 Å². The van der Waals surface area contributed by atoms with Crippen molar-refractivity contribution in [3.05, 3.63) is 157 Å². The van der Waals surface area contributed by atoms with E-state index in [1.807, 2.05) is 11.3 Å². The van der Waals surface area contributed by atoms with E-state index in [4.69, 9.17) is 0 Å². The summed E-state index contributed by atoms with van der Waals surface area (Å²) in [5, 5.41) is 5.21. The van der Waals surface area contributed by atoms with Gasteiger partial charge in [-0.2, -0.15) is 0 Å². The number of benzene rings is 6. The second kappa shape index (κ2) is 10.1. The van der Waals surface area contributed by atoms with Gasteiger partial charge in [-0.25, -0.2) is 0 Å². The highest BCUT2D eigenvalue weighted by Gasteiger charge is 2.18. The largest absolute Gasteiger partial charge is 0.293 e. The minimum atomic E-state index is 1.07. The number of fused-ring (bicyclic) bond motifs is 7. The quantitative estimate of drug-likeness (QED) is 0.223. The third kappa shape index (κ3) is 3.93. The van der Waals surface area contributed by atoms with Gasteiger partial charge in [-0.05, 0) is 53.5 Å². The Bertz CT molecular complexity index is 2270. The highest BCUT2D eigenvalue weighted by molar-refractivity contribution is 7.26. The van der Waals surface area contributed by atoms with Crippen LogP contribution in [0.4, 0.5) is 5.69 Å². The molecule has 0 saturated carbocycles. The first-order chi connectivity index (χ1) is 20.8. The summed E-state index contributed by atoms with van der Waals surface area (Å²) in [6, 6.07) is 50.0. The van der Waals surface area contributed by atoms with E-state index >= 15 is 0 Å². The van der Waals surface area contributed by atoms with Crippen LogP contribution < -0.4 is 5.43 Å². The lowest BCUT2D eigenvalue weighted by atomic mass is 9.94. The summed E-state index contributed by atoms with van der Waals surface area (Å²) in [5.74, 6) is 0. The minimum Gasteiger partial charge on any atom is -0.293 e. The molecule has 0 bridgehead atoms. The lowest BCUT2D eigenvalue weighted by Gasteiger charge is -2.17. The molecule has 0 radical (unpaired) electrons. The fourth-order valence-electron chi connectivity index (χ4n) is 6.24. The van der Waals surface area contributed by atoms with Crippen LogP contribution >= 0.6 is 11.3 Å². The maximum atomic E-state index is 3.84. The first kappa shape index (κ1) is 24.7. The summed E-state index contributed by atoms with van der Waals surface area (Å²) in [7, 11) is 0. The minimum absolute atomic E-state index is 1.07. The number of nitrogens with one attached hydrogen (secondary N) is 1. The van der Waals surface area contributed by atoms with Gasteiger partial charge in [-0.1, -0.05) is 121 Å². The van der Waals surface area contributed by atoms with E-state index in [-0.39, 0.29) is 0 Å². The molecule has 0 saturated heterocycles. The second-order valence-electron chi connectivity index (χ2n) is 10.6. The maximum Gasteiger partial charge on any atom is 0.0724 e. The topological polar surface area (TPSA) is 17.0 Å². The van der Waals surface area contributed by atoms with Crippen molar-refractivity contribution in [1.82, 2.24) is 4.68 Å². The number of aromatic nitrogens is 1. The zero-order valence-electron chi connectivity index (χ0n) is 23.2. The smallest absolute Gasteiger partial charge is 0.0724 e. The number of para-hydroxylation sites is 2. The molecule has 0 aliphatic heterocycles. The van der Waals surface area contributed by atoms with E-state index in [0.29, 0.717) is 0 Å². The Labute approximate surface area is 248 Å². The monoisotopic (exact) mass is 556 g/mol. The van der Waals surface area contributed by atoms with Gasteiger partial charge >= 0.3 is 0 Å². The molecule has 200 valence electrons. The molecule has 0 aliphatic carbocycles. The molecule has 1 N–H and O–H groups in total. The first-order valence-corrected chi connectivity index (χ1v) is 15.1. The van der Waals surface area contributed by atoms with E-state index in [1.165, 1.54) is 69.8 Å². The number of hydrogen-bond acceptors (Lipinski definition) is 2. The summed E-state index contributed by atoms with van der Waals surface area (Å²) >= 11 is 1.88. The predicted molar refractivity (Wildman–Crippen MR) is 182 cm³/mol. The van der Waals surface area contributed by atoms with Crippen LogP contribution in [0, 0.1) is 0 Å². The summed E-state index contributed by atoms with van der Waals surface area (Å²) in [5.41, 5.74) is 13.3. The van der Waals surface area contributed by atoms with Gasteiger partial charge in [-0.3, -0.25) is 10.1 Å². The van der Waals surface area contributed by atoms with E-state index in [9.17, 15) is 0 Å². The number of anilines is 1. The Morgan fingerprint density at radius 1 is 0.595 bits per heavy atom. The molecule has 0 fully saturated rings. The van der Waals surface area contributed by atoms with E-state index < -0.39 is 0 Å². The SMILES string of the molecule is C/C=C(/c1ccc(-c2ccccc2)cc1)c1ccccc1Nn1c2ccccc2c2c3sc4ccccc4c3ccc21. The molecule has 2 aromatic heterocycles. The summed E-state index contributed by atoms with van der Waals surface area (Å²) < 4.78 is 4.93. The molecule has 42 heavy (non-hydrogen) atoms.